The number of hydrogen-bond acceptors (Lipinski definition) is 1. The molecule has 2 saturated carbocycles. The molecule has 5 atom stereocenters. The van der Waals surface area contributed by atoms with Gasteiger partial charge in [-0.05, 0) is 61.2 Å². The van der Waals surface area contributed by atoms with E-state index < -0.39 is 0 Å². The van der Waals surface area contributed by atoms with Gasteiger partial charge in [0.1, 0.15) is 0 Å². The molecular formula is C20H32O. The molecule has 3 aliphatic rings. The summed E-state index contributed by atoms with van der Waals surface area (Å²) < 4.78 is 0. The highest BCUT2D eigenvalue weighted by atomic mass is 16.3. The fourth-order valence-electron chi connectivity index (χ4n) is 5.90. The van der Waals surface area contributed by atoms with Gasteiger partial charge in [0.25, 0.3) is 0 Å². The summed E-state index contributed by atoms with van der Waals surface area (Å²) in [7, 11) is 0. The van der Waals surface area contributed by atoms with E-state index in [1.807, 2.05) is 0 Å². The van der Waals surface area contributed by atoms with E-state index in [-0.39, 0.29) is 16.9 Å². The first-order chi connectivity index (χ1) is 9.73. The van der Waals surface area contributed by atoms with Gasteiger partial charge in [-0.3, -0.25) is 0 Å². The number of allylic oxidation sites excluding steroid dienone is 3. The Kier molecular flexibility index (Phi) is 3.44. The van der Waals surface area contributed by atoms with Crippen LogP contribution in [0, 0.1) is 28.1 Å². The highest BCUT2D eigenvalue weighted by Gasteiger charge is 2.56. The third-order valence-electron chi connectivity index (χ3n) is 7.43. The van der Waals surface area contributed by atoms with Gasteiger partial charge in [0.15, 0.2) is 0 Å². The van der Waals surface area contributed by atoms with Crippen LogP contribution in [0.25, 0.3) is 0 Å². The number of aliphatic hydroxyl groups is 1. The Bertz CT molecular complexity index is 474. The maximum Gasteiger partial charge on any atom is 0.0594 e. The number of rotatable bonds is 1. The first kappa shape index (κ1) is 15.3. The van der Waals surface area contributed by atoms with Gasteiger partial charge in [-0.2, -0.15) is 0 Å². The van der Waals surface area contributed by atoms with E-state index in [0.29, 0.717) is 11.3 Å². The molecule has 118 valence electrons. The lowest BCUT2D eigenvalue weighted by atomic mass is 9.45. The number of fused-ring (bicyclic) bond motifs is 3. The average Bonchev–Trinajstić information content (AvgIpc) is 2.43. The smallest absolute Gasteiger partial charge is 0.0594 e. The van der Waals surface area contributed by atoms with E-state index in [1.54, 1.807) is 5.57 Å². The molecule has 1 heteroatoms. The molecule has 2 fully saturated rings. The molecular weight excluding hydrogens is 256 g/mol. The van der Waals surface area contributed by atoms with Crippen molar-refractivity contribution in [1.82, 2.24) is 0 Å². The van der Waals surface area contributed by atoms with Gasteiger partial charge in [-0.25, -0.2) is 0 Å². The van der Waals surface area contributed by atoms with Crippen LogP contribution in [0.4, 0.5) is 0 Å². The lowest BCUT2D eigenvalue weighted by Crippen LogP contribution is -2.55. The normalized spacial score (nSPS) is 48.8. The van der Waals surface area contributed by atoms with Crippen LogP contribution in [-0.4, -0.2) is 11.2 Å². The molecule has 0 saturated heterocycles. The molecule has 21 heavy (non-hydrogen) atoms. The van der Waals surface area contributed by atoms with E-state index in [4.69, 9.17) is 0 Å². The van der Waals surface area contributed by atoms with Crippen LogP contribution in [0.5, 0.6) is 0 Å². The molecule has 1 N–H and O–H groups in total. The highest BCUT2D eigenvalue weighted by Crippen LogP contribution is 2.63. The first-order valence-corrected chi connectivity index (χ1v) is 8.76. The minimum atomic E-state index is -0.122. The van der Waals surface area contributed by atoms with Gasteiger partial charge in [-0.1, -0.05) is 45.4 Å². The van der Waals surface area contributed by atoms with Crippen LogP contribution < -0.4 is 0 Å². The molecule has 1 nitrogen and oxygen atoms in total. The third-order valence-corrected chi connectivity index (χ3v) is 7.43. The van der Waals surface area contributed by atoms with Gasteiger partial charge in [0.2, 0.25) is 0 Å². The molecule has 0 aromatic heterocycles. The Morgan fingerprint density at radius 3 is 2.52 bits per heavy atom. The fourth-order valence-corrected chi connectivity index (χ4v) is 5.90. The van der Waals surface area contributed by atoms with Crippen molar-refractivity contribution in [1.29, 1.82) is 0 Å². The van der Waals surface area contributed by atoms with Gasteiger partial charge in [-0.15, -0.1) is 6.58 Å². The van der Waals surface area contributed by atoms with Crippen molar-refractivity contribution in [3.8, 4) is 0 Å². The van der Waals surface area contributed by atoms with Gasteiger partial charge < -0.3 is 5.11 Å². The van der Waals surface area contributed by atoms with Crippen molar-refractivity contribution in [2.75, 3.05) is 0 Å². The van der Waals surface area contributed by atoms with Crippen LogP contribution in [0.15, 0.2) is 24.3 Å². The van der Waals surface area contributed by atoms with E-state index in [0.717, 1.165) is 12.3 Å². The zero-order valence-electron chi connectivity index (χ0n) is 14.3. The second-order valence-electron chi connectivity index (χ2n) is 8.99. The predicted molar refractivity (Wildman–Crippen MR) is 89.0 cm³/mol. The molecule has 0 heterocycles. The Morgan fingerprint density at radius 1 is 1.14 bits per heavy atom. The van der Waals surface area contributed by atoms with Gasteiger partial charge in [0.05, 0.1) is 6.10 Å². The average molecular weight is 288 g/mol. The lowest BCUT2D eigenvalue weighted by Gasteiger charge is -2.60. The van der Waals surface area contributed by atoms with Crippen molar-refractivity contribution >= 4 is 0 Å². The standard InChI is InChI=1S/C20H32O/c1-6-19(4)11-9-15-14(13-19)7-8-16-18(2,3)17(21)10-12-20(15,16)5/h6,13,15-17,21H,1,7-12H2,2-5H3/t15-,16-,17-,19-,20+/m0/s1. The quantitative estimate of drug-likeness (QED) is 0.665. The number of aliphatic hydroxyl groups excluding tert-OH is 1. The summed E-state index contributed by atoms with van der Waals surface area (Å²) in [5, 5.41) is 10.5. The molecule has 3 aliphatic carbocycles. The van der Waals surface area contributed by atoms with Crippen LogP contribution in [0.1, 0.15) is 66.2 Å². The third kappa shape index (κ3) is 2.15. The SMILES string of the molecule is C=C[C@]1(C)C=C2CC[C@H]3C(C)(C)[C@@H](O)CC[C@]3(C)[C@H]2CC1. The maximum atomic E-state index is 10.5. The fraction of sp³-hybridized carbons (Fsp3) is 0.800. The summed E-state index contributed by atoms with van der Waals surface area (Å²) in [4.78, 5) is 0. The monoisotopic (exact) mass is 288 g/mol. The summed E-state index contributed by atoms with van der Waals surface area (Å²) in [6, 6.07) is 0. The maximum absolute atomic E-state index is 10.5. The van der Waals surface area contributed by atoms with Crippen LogP contribution >= 0.6 is 0 Å². The molecule has 0 spiro atoms. The zero-order chi connectivity index (χ0) is 15.5. The molecule has 0 bridgehead atoms. The number of hydrogen-bond donors (Lipinski definition) is 1. The molecule has 0 aliphatic heterocycles. The van der Waals surface area contributed by atoms with Crippen molar-refractivity contribution in [3.63, 3.8) is 0 Å². The molecule has 0 radical (unpaired) electrons. The minimum Gasteiger partial charge on any atom is -0.393 e. The zero-order valence-corrected chi connectivity index (χ0v) is 14.3. The minimum absolute atomic E-state index is 0.0672. The summed E-state index contributed by atoms with van der Waals surface area (Å²) in [5.41, 5.74) is 2.35. The Morgan fingerprint density at radius 2 is 1.86 bits per heavy atom. The molecule has 0 aromatic rings. The van der Waals surface area contributed by atoms with Crippen molar-refractivity contribution < 1.29 is 5.11 Å². The Labute approximate surface area is 130 Å². The topological polar surface area (TPSA) is 20.2 Å². The van der Waals surface area contributed by atoms with Gasteiger partial charge >= 0.3 is 0 Å². The molecule has 3 rings (SSSR count). The van der Waals surface area contributed by atoms with Crippen molar-refractivity contribution in [3.05, 3.63) is 24.3 Å². The summed E-state index contributed by atoms with van der Waals surface area (Å²) in [6.07, 6.45) is 11.7. The second kappa shape index (κ2) is 4.72. The largest absolute Gasteiger partial charge is 0.393 e. The van der Waals surface area contributed by atoms with E-state index >= 15 is 0 Å². The summed E-state index contributed by atoms with van der Waals surface area (Å²) >= 11 is 0. The summed E-state index contributed by atoms with van der Waals surface area (Å²) in [6.45, 7) is 13.5. The Hall–Kier alpha value is -0.560. The molecule has 0 aromatic carbocycles. The summed E-state index contributed by atoms with van der Waals surface area (Å²) in [5.74, 6) is 1.39. The second-order valence-corrected chi connectivity index (χ2v) is 8.99. The Balaban J connectivity index is 1.97. The van der Waals surface area contributed by atoms with E-state index in [1.165, 1.54) is 32.1 Å². The van der Waals surface area contributed by atoms with E-state index in [2.05, 4.69) is 46.4 Å². The molecule has 0 unspecified atom stereocenters. The van der Waals surface area contributed by atoms with Crippen molar-refractivity contribution in [2.45, 2.75) is 72.3 Å². The van der Waals surface area contributed by atoms with Crippen LogP contribution in [-0.2, 0) is 0 Å². The lowest BCUT2D eigenvalue weighted by molar-refractivity contribution is -0.127. The van der Waals surface area contributed by atoms with Crippen molar-refractivity contribution in [2.24, 2.45) is 28.1 Å². The van der Waals surface area contributed by atoms with Crippen LogP contribution in [0.2, 0.25) is 0 Å². The molecule has 0 amide bonds. The highest BCUT2D eigenvalue weighted by molar-refractivity contribution is 5.26. The first-order valence-electron chi connectivity index (χ1n) is 8.76. The van der Waals surface area contributed by atoms with Gasteiger partial charge in [0, 0.05) is 5.41 Å². The van der Waals surface area contributed by atoms with Crippen LogP contribution in [0.3, 0.4) is 0 Å². The predicted octanol–water partition coefficient (Wildman–Crippen LogP) is 5.11. The van der Waals surface area contributed by atoms with E-state index in [9.17, 15) is 5.11 Å².